The lowest BCUT2D eigenvalue weighted by Gasteiger charge is -2.15. The van der Waals surface area contributed by atoms with Crippen molar-refractivity contribution in [3.05, 3.63) is 87.3 Å². The van der Waals surface area contributed by atoms with Gasteiger partial charge in [0, 0.05) is 38.3 Å². The molecule has 1 aromatic carbocycles. The Bertz CT molecular complexity index is 1020. The predicted octanol–water partition coefficient (Wildman–Crippen LogP) is 6.58. The Morgan fingerprint density at radius 1 is 1.08 bits per heavy atom. The first-order valence-electron chi connectivity index (χ1n) is 8.15. The molecule has 0 aliphatic heterocycles. The molecule has 2 nitrogen and oxygen atoms in total. The molecular formula is C21H16ClNOS2. The van der Waals surface area contributed by atoms with Gasteiger partial charge in [-0.25, -0.2) is 0 Å². The number of aliphatic hydroxyl groups is 1. The highest BCUT2D eigenvalue weighted by molar-refractivity contribution is 7.21. The lowest BCUT2D eigenvalue weighted by molar-refractivity contribution is 0.221. The van der Waals surface area contributed by atoms with E-state index in [9.17, 15) is 5.11 Å². The maximum atomic E-state index is 11.2. The fourth-order valence-corrected chi connectivity index (χ4v) is 5.19. The number of aliphatic hydroxyl groups excluding tert-OH is 1. The Hall–Kier alpha value is -1.98. The molecular weight excluding hydrogens is 382 g/mol. The van der Waals surface area contributed by atoms with Crippen LogP contribution in [0.25, 0.3) is 20.9 Å². The van der Waals surface area contributed by atoms with Crippen LogP contribution in [0.15, 0.2) is 66.3 Å². The van der Waals surface area contributed by atoms with Crippen LogP contribution in [0, 0.1) is 6.92 Å². The molecule has 0 radical (unpaired) electrons. The summed E-state index contributed by atoms with van der Waals surface area (Å²) in [5, 5.41) is 14.0. The molecule has 4 rings (SSSR count). The molecule has 1 atom stereocenters. The van der Waals surface area contributed by atoms with E-state index in [1.54, 1.807) is 35.1 Å². The average Bonchev–Trinajstić information content (AvgIpc) is 3.28. The molecule has 3 heterocycles. The van der Waals surface area contributed by atoms with Gasteiger partial charge in [0.2, 0.25) is 0 Å². The molecule has 0 bridgehead atoms. The van der Waals surface area contributed by atoms with Gasteiger partial charge in [0.05, 0.1) is 4.88 Å². The summed E-state index contributed by atoms with van der Waals surface area (Å²) in [6.07, 6.45) is 2.70. The monoisotopic (exact) mass is 397 g/mol. The molecule has 0 aliphatic rings. The van der Waals surface area contributed by atoms with E-state index in [1.807, 2.05) is 36.4 Å². The minimum atomic E-state index is -0.738. The number of aromatic nitrogens is 1. The molecule has 1 unspecified atom stereocenters. The molecule has 26 heavy (non-hydrogen) atoms. The van der Waals surface area contributed by atoms with E-state index in [4.69, 9.17) is 11.6 Å². The summed E-state index contributed by atoms with van der Waals surface area (Å²) >= 11 is 9.45. The molecule has 3 aromatic heterocycles. The van der Waals surface area contributed by atoms with Crippen LogP contribution in [0.1, 0.15) is 22.1 Å². The number of rotatable bonds is 4. The molecule has 130 valence electrons. The van der Waals surface area contributed by atoms with E-state index < -0.39 is 6.10 Å². The van der Waals surface area contributed by atoms with Crippen molar-refractivity contribution in [3.8, 4) is 20.9 Å². The van der Waals surface area contributed by atoms with Crippen LogP contribution in [0.3, 0.4) is 0 Å². The van der Waals surface area contributed by atoms with Crippen LogP contribution in [-0.2, 0) is 0 Å². The van der Waals surface area contributed by atoms with Gasteiger partial charge in [0.15, 0.2) is 0 Å². The summed E-state index contributed by atoms with van der Waals surface area (Å²) in [6, 6.07) is 15.7. The second kappa shape index (κ2) is 7.33. The van der Waals surface area contributed by atoms with Crippen molar-refractivity contribution in [2.75, 3.05) is 0 Å². The first-order chi connectivity index (χ1) is 12.6. The number of hydrogen-bond donors (Lipinski definition) is 1. The number of aryl methyl sites for hydroxylation is 1. The molecule has 0 aliphatic carbocycles. The molecule has 0 amide bonds. The number of thiophene rings is 2. The zero-order valence-corrected chi connectivity index (χ0v) is 16.4. The standard InChI is InChI=1S/C21H16ClNOS2/c1-13-4-9-18(26-13)21-19(20(24)15-3-2-10-23-11-15)17(12-25-21)14-5-7-16(22)8-6-14/h2-12,20,24H,1H3. The molecule has 0 saturated carbocycles. The molecule has 1 N–H and O–H groups in total. The fraction of sp³-hybridized carbons (Fsp3) is 0.0952. The Labute approximate surface area is 165 Å². The number of nitrogens with zero attached hydrogens (tertiary/aromatic N) is 1. The Kier molecular flexibility index (Phi) is 4.92. The Morgan fingerprint density at radius 3 is 2.54 bits per heavy atom. The normalized spacial score (nSPS) is 12.3. The van der Waals surface area contributed by atoms with E-state index >= 15 is 0 Å². The quantitative estimate of drug-likeness (QED) is 0.421. The van der Waals surface area contributed by atoms with Crippen molar-refractivity contribution in [2.24, 2.45) is 0 Å². The molecule has 0 fully saturated rings. The summed E-state index contributed by atoms with van der Waals surface area (Å²) in [7, 11) is 0. The van der Waals surface area contributed by atoms with Crippen molar-refractivity contribution in [1.82, 2.24) is 4.98 Å². The third-order valence-corrected chi connectivity index (χ3v) is 6.65. The largest absolute Gasteiger partial charge is 0.384 e. The smallest absolute Gasteiger partial charge is 0.108 e. The fourth-order valence-electron chi connectivity index (χ4n) is 2.94. The van der Waals surface area contributed by atoms with Crippen LogP contribution < -0.4 is 0 Å². The SMILES string of the molecule is Cc1ccc(-c2scc(-c3ccc(Cl)cc3)c2C(O)c2cccnc2)s1. The van der Waals surface area contributed by atoms with Gasteiger partial charge < -0.3 is 5.11 Å². The van der Waals surface area contributed by atoms with Gasteiger partial charge in [0.25, 0.3) is 0 Å². The van der Waals surface area contributed by atoms with Gasteiger partial charge in [-0.05, 0) is 53.8 Å². The van der Waals surface area contributed by atoms with Crippen molar-refractivity contribution in [2.45, 2.75) is 13.0 Å². The minimum absolute atomic E-state index is 0.701. The Balaban J connectivity index is 1.90. The van der Waals surface area contributed by atoms with Crippen molar-refractivity contribution < 1.29 is 5.11 Å². The zero-order chi connectivity index (χ0) is 18.1. The minimum Gasteiger partial charge on any atom is -0.384 e. The highest BCUT2D eigenvalue weighted by Gasteiger charge is 2.23. The van der Waals surface area contributed by atoms with Gasteiger partial charge in [-0.15, -0.1) is 22.7 Å². The second-order valence-electron chi connectivity index (χ2n) is 6.00. The van der Waals surface area contributed by atoms with Crippen LogP contribution in [0.2, 0.25) is 5.02 Å². The van der Waals surface area contributed by atoms with E-state index in [0.717, 1.165) is 27.1 Å². The van der Waals surface area contributed by atoms with Gasteiger partial charge >= 0.3 is 0 Å². The third kappa shape index (κ3) is 3.33. The Morgan fingerprint density at radius 2 is 1.88 bits per heavy atom. The van der Waals surface area contributed by atoms with Gasteiger partial charge in [0.1, 0.15) is 6.10 Å². The molecule has 4 aromatic rings. The third-order valence-electron chi connectivity index (χ3n) is 4.22. The van der Waals surface area contributed by atoms with E-state index in [-0.39, 0.29) is 0 Å². The zero-order valence-electron chi connectivity index (χ0n) is 14.0. The number of halogens is 1. The highest BCUT2D eigenvalue weighted by Crippen LogP contribution is 2.45. The summed E-state index contributed by atoms with van der Waals surface area (Å²) in [5.41, 5.74) is 3.79. The summed E-state index contributed by atoms with van der Waals surface area (Å²) in [5.74, 6) is 0. The molecule has 5 heteroatoms. The van der Waals surface area contributed by atoms with Crippen LogP contribution in [-0.4, -0.2) is 10.1 Å². The second-order valence-corrected chi connectivity index (χ2v) is 8.60. The van der Waals surface area contributed by atoms with Crippen LogP contribution >= 0.6 is 34.3 Å². The number of pyridine rings is 1. The lowest BCUT2D eigenvalue weighted by Crippen LogP contribution is -2.01. The van der Waals surface area contributed by atoms with Crippen molar-refractivity contribution in [3.63, 3.8) is 0 Å². The summed E-state index contributed by atoms with van der Waals surface area (Å²) < 4.78 is 0. The van der Waals surface area contributed by atoms with Crippen molar-refractivity contribution in [1.29, 1.82) is 0 Å². The first-order valence-corrected chi connectivity index (χ1v) is 10.2. The maximum Gasteiger partial charge on any atom is 0.108 e. The van der Waals surface area contributed by atoms with Gasteiger partial charge in [-0.2, -0.15) is 0 Å². The van der Waals surface area contributed by atoms with E-state index in [1.165, 1.54) is 9.75 Å². The predicted molar refractivity (Wildman–Crippen MR) is 111 cm³/mol. The highest BCUT2D eigenvalue weighted by atomic mass is 35.5. The van der Waals surface area contributed by atoms with E-state index in [2.05, 4.69) is 29.4 Å². The lowest BCUT2D eigenvalue weighted by atomic mass is 9.95. The number of hydrogen-bond acceptors (Lipinski definition) is 4. The van der Waals surface area contributed by atoms with Crippen LogP contribution in [0.4, 0.5) is 0 Å². The summed E-state index contributed by atoms with van der Waals surface area (Å²) in [6.45, 7) is 2.10. The number of benzene rings is 1. The van der Waals surface area contributed by atoms with Crippen LogP contribution in [0.5, 0.6) is 0 Å². The topological polar surface area (TPSA) is 33.1 Å². The first kappa shape index (κ1) is 17.4. The maximum absolute atomic E-state index is 11.2. The van der Waals surface area contributed by atoms with Gasteiger partial charge in [-0.3, -0.25) is 4.98 Å². The summed E-state index contributed by atoms with van der Waals surface area (Å²) in [4.78, 5) is 7.69. The molecule has 0 spiro atoms. The molecule has 0 saturated heterocycles. The van der Waals surface area contributed by atoms with Crippen molar-refractivity contribution >= 4 is 34.3 Å². The van der Waals surface area contributed by atoms with Gasteiger partial charge in [-0.1, -0.05) is 29.8 Å². The average molecular weight is 398 g/mol. The van der Waals surface area contributed by atoms with E-state index in [0.29, 0.717) is 5.02 Å².